The third-order valence-corrected chi connectivity index (χ3v) is 2.68. The maximum atomic E-state index is 13.3. The molecule has 1 unspecified atom stereocenters. The van der Waals surface area contributed by atoms with Gasteiger partial charge >= 0.3 is 0 Å². The SMILES string of the molecule is CCC(C)[C@H](N)c1ccc(F)c(F)c1F. The van der Waals surface area contributed by atoms with Crippen LogP contribution >= 0.6 is 0 Å². The molecule has 0 spiro atoms. The van der Waals surface area contributed by atoms with Crippen LogP contribution in [0.25, 0.3) is 0 Å². The highest BCUT2D eigenvalue weighted by Gasteiger charge is 2.21. The number of hydrogen-bond donors (Lipinski definition) is 1. The fourth-order valence-electron chi connectivity index (χ4n) is 1.36. The highest BCUT2D eigenvalue weighted by molar-refractivity contribution is 5.23. The van der Waals surface area contributed by atoms with Crippen LogP contribution in [-0.4, -0.2) is 0 Å². The number of rotatable bonds is 3. The molecule has 1 nitrogen and oxygen atoms in total. The molecule has 0 heterocycles. The number of benzene rings is 1. The Balaban J connectivity index is 3.10. The van der Waals surface area contributed by atoms with Crippen molar-refractivity contribution >= 4 is 0 Å². The van der Waals surface area contributed by atoms with Crippen LogP contribution in [0.15, 0.2) is 12.1 Å². The van der Waals surface area contributed by atoms with E-state index in [9.17, 15) is 13.2 Å². The van der Waals surface area contributed by atoms with Crippen LogP contribution in [0.3, 0.4) is 0 Å². The van der Waals surface area contributed by atoms with E-state index in [0.717, 1.165) is 12.5 Å². The number of hydrogen-bond acceptors (Lipinski definition) is 1. The maximum Gasteiger partial charge on any atom is 0.194 e. The first-order chi connectivity index (χ1) is 6.99. The van der Waals surface area contributed by atoms with Gasteiger partial charge in [-0.2, -0.15) is 0 Å². The summed E-state index contributed by atoms with van der Waals surface area (Å²) in [6.07, 6.45) is 0.750. The number of nitrogens with two attached hydrogens (primary N) is 1. The second kappa shape index (κ2) is 4.66. The summed E-state index contributed by atoms with van der Waals surface area (Å²) in [5.74, 6) is -3.80. The molecule has 0 bridgehead atoms. The van der Waals surface area contributed by atoms with Crippen molar-refractivity contribution in [2.24, 2.45) is 11.7 Å². The average Bonchev–Trinajstić information content (AvgIpc) is 2.24. The van der Waals surface area contributed by atoms with E-state index < -0.39 is 23.5 Å². The van der Waals surface area contributed by atoms with E-state index in [1.165, 1.54) is 6.07 Å². The predicted molar refractivity (Wildman–Crippen MR) is 52.7 cm³/mol. The van der Waals surface area contributed by atoms with Crippen LogP contribution in [0.5, 0.6) is 0 Å². The second-order valence-corrected chi connectivity index (χ2v) is 3.68. The Morgan fingerprint density at radius 1 is 1.20 bits per heavy atom. The van der Waals surface area contributed by atoms with E-state index in [0.29, 0.717) is 0 Å². The summed E-state index contributed by atoms with van der Waals surface area (Å²) in [5.41, 5.74) is 5.77. The summed E-state index contributed by atoms with van der Waals surface area (Å²) in [7, 11) is 0. The molecule has 84 valence electrons. The molecule has 0 radical (unpaired) electrons. The highest BCUT2D eigenvalue weighted by atomic mass is 19.2. The van der Waals surface area contributed by atoms with Gasteiger partial charge in [-0.05, 0) is 12.0 Å². The summed E-state index contributed by atoms with van der Waals surface area (Å²) in [5, 5.41) is 0. The monoisotopic (exact) mass is 217 g/mol. The zero-order valence-electron chi connectivity index (χ0n) is 8.73. The smallest absolute Gasteiger partial charge is 0.194 e. The molecule has 1 aromatic carbocycles. The summed E-state index contributed by atoms with van der Waals surface area (Å²) in [4.78, 5) is 0. The molecule has 2 atom stereocenters. The molecule has 0 fully saturated rings. The zero-order chi connectivity index (χ0) is 11.6. The average molecular weight is 217 g/mol. The van der Waals surface area contributed by atoms with Crippen molar-refractivity contribution in [2.45, 2.75) is 26.3 Å². The topological polar surface area (TPSA) is 26.0 Å². The molecule has 0 aromatic heterocycles. The summed E-state index contributed by atoms with van der Waals surface area (Å²) < 4.78 is 38.9. The molecular weight excluding hydrogens is 203 g/mol. The Morgan fingerprint density at radius 3 is 2.33 bits per heavy atom. The van der Waals surface area contributed by atoms with Gasteiger partial charge in [0.15, 0.2) is 17.5 Å². The molecule has 0 saturated heterocycles. The van der Waals surface area contributed by atoms with Gasteiger partial charge < -0.3 is 5.73 Å². The van der Waals surface area contributed by atoms with Crippen molar-refractivity contribution in [3.05, 3.63) is 35.1 Å². The van der Waals surface area contributed by atoms with Gasteiger partial charge in [-0.1, -0.05) is 26.3 Å². The largest absolute Gasteiger partial charge is 0.324 e. The maximum absolute atomic E-state index is 13.3. The van der Waals surface area contributed by atoms with Crippen molar-refractivity contribution in [3.8, 4) is 0 Å². The van der Waals surface area contributed by atoms with Gasteiger partial charge in [0, 0.05) is 11.6 Å². The summed E-state index contributed by atoms with van der Waals surface area (Å²) >= 11 is 0. The van der Waals surface area contributed by atoms with E-state index in [4.69, 9.17) is 5.73 Å². The standard InChI is InChI=1S/C11H14F3N/c1-3-6(2)11(15)7-4-5-8(12)10(14)9(7)13/h4-6,11H,3,15H2,1-2H3/t6?,11-/m0/s1. The molecular formula is C11H14F3N. The van der Waals surface area contributed by atoms with Crippen molar-refractivity contribution in [1.29, 1.82) is 0 Å². The van der Waals surface area contributed by atoms with Gasteiger partial charge in [-0.15, -0.1) is 0 Å². The van der Waals surface area contributed by atoms with Crippen LogP contribution in [0, 0.1) is 23.4 Å². The Bertz CT molecular complexity index is 352. The van der Waals surface area contributed by atoms with Gasteiger partial charge in [0.2, 0.25) is 0 Å². The first-order valence-corrected chi connectivity index (χ1v) is 4.88. The van der Waals surface area contributed by atoms with Crippen LogP contribution < -0.4 is 5.73 Å². The van der Waals surface area contributed by atoms with Crippen LogP contribution in [0.2, 0.25) is 0 Å². The molecule has 0 aliphatic carbocycles. The van der Waals surface area contributed by atoms with Crippen molar-refractivity contribution in [1.82, 2.24) is 0 Å². The Morgan fingerprint density at radius 2 is 1.80 bits per heavy atom. The molecule has 4 heteroatoms. The van der Waals surface area contributed by atoms with Gasteiger partial charge in [-0.25, -0.2) is 13.2 Å². The lowest BCUT2D eigenvalue weighted by atomic mass is 9.93. The lowest BCUT2D eigenvalue weighted by Gasteiger charge is -2.19. The first kappa shape index (κ1) is 12.0. The molecule has 15 heavy (non-hydrogen) atoms. The predicted octanol–water partition coefficient (Wildman–Crippen LogP) is 3.15. The zero-order valence-corrected chi connectivity index (χ0v) is 8.73. The normalized spacial score (nSPS) is 15.1. The van der Waals surface area contributed by atoms with Gasteiger partial charge in [0.05, 0.1) is 0 Å². The van der Waals surface area contributed by atoms with Crippen LogP contribution in [0.4, 0.5) is 13.2 Å². The van der Waals surface area contributed by atoms with Crippen molar-refractivity contribution < 1.29 is 13.2 Å². The van der Waals surface area contributed by atoms with Gasteiger partial charge in [0.1, 0.15) is 0 Å². The summed E-state index contributed by atoms with van der Waals surface area (Å²) in [6.45, 7) is 3.74. The third kappa shape index (κ3) is 2.31. The molecule has 1 aromatic rings. The van der Waals surface area contributed by atoms with Crippen LogP contribution in [0.1, 0.15) is 31.9 Å². The minimum absolute atomic E-state index is 0.0179. The highest BCUT2D eigenvalue weighted by Crippen LogP contribution is 2.26. The van der Waals surface area contributed by atoms with Crippen LogP contribution in [-0.2, 0) is 0 Å². The van der Waals surface area contributed by atoms with Crippen molar-refractivity contribution in [2.75, 3.05) is 0 Å². The molecule has 1 rings (SSSR count). The fourth-order valence-corrected chi connectivity index (χ4v) is 1.36. The summed E-state index contributed by atoms with van der Waals surface area (Å²) in [6, 6.07) is 1.49. The minimum Gasteiger partial charge on any atom is -0.324 e. The van der Waals surface area contributed by atoms with E-state index >= 15 is 0 Å². The van der Waals surface area contributed by atoms with Gasteiger partial charge in [0.25, 0.3) is 0 Å². The molecule has 0 aliphatic rings. The van der Waals surface area contributed by atoms with Crippen molar-refractivity contribution in [3.63, 3.8) is 0 Å². The third-order valence-electron chi connectivity index (χ3n) is 2.68. The molecule has 2 N–H and O–H groups in total. The van der Waals surface area contributed by atoms with E-state index in [1.807, 2.05) is 13.8 Å². The first-order valence-electron chi connectivity index (χ1n) is 4.88. The molecule has 0 amide bonds. The van der Waals surface area contributed by atoms with Gasteiger partial charge in [-0.3, -0.25) is 0 Å². The Kier molecular flexibility index (Phi) is 3.74. The number of halogens is 3. The Hall–Kier alpha value is -1.03. The second-order valence-electron chi connectivity index (χ2n) is 3.68. The molecule has 0 aliphatic heterocycles. The fraction of sp³-hybridized carbons (Fsp3) is 0.455. The minimum atomic E-state index is -1.45. The lowest BCUT2D eigenvalue weighted by molar-refractivity contribution is 0.405. The molecule has 0 saturated carbocycles. The van der Waals surface area contributed by atoms with E-state index in [-0.39, 0.29) is 11.5 Å². The Labute approximate surface area is 87.1 Å². The lowest BCUT2D eigenvalue weighted by Crippen LogP contribution is -2.20. The van der Waals surface area contributed by atoms with E-state index in [2.05, 4.69) is 0 Å². The van der Waals surface area contributed by atoms with E-state index in [1.54, 1.807) is 0 Å². The quantitative estimate of drug-likeness (QED) is 0.773.